The van der Waals surface area contributed by atoms with E-state index in [1.54, 1.807) is 24.3 Å². The fourth-order valence-electron chi connectivity index (χ4n) is 2.57. The third kappa shape index (κ3) is 5.67. The van der Waals surface area contributed by atoms with Crippen molar-refractivity contribution in [2.24, 2.45) is 0 Å². The summed E-state index contributed by atoms with van der Waals surface area (Å²) in [6.07, 6.45) is 1.50. The number of carbonyl (C=O) groups is 3. The van der Waals surface area contributed by atoms with Crippen LogP contribution in [0.5, 0.6) is 5.75 Å². The lowest BCUT2D eigenvalue weighted by Crippen LogP contribution is -2.37. The van der Waals surface area contributed by atoms with Crippen LogP contribution in [0.25, 0.3) is 6.08 Å². The Balaban J connectivity index is 1.57. The second-order valence-corrected chi connectivity index (χ2v) is 7.95. The summed E-state index contributed by atoms with van der Waals surface area (Å²) in [6.45, 7) is -2.78. The third-order valence-corrected chi connectivity index (χ3v) is 5.44. The van der Waals surface area contributed by atoms with Crippen LogP contribution in [0, 0.1) is 0 Å². The van der Waals surface area contributed by atoms with Crippen molar-refractivity contribution in [2.45, 2.75) is 6.61 Å². The summed E-state index contributed by atoms with van der Waals surface area (Å²) in [7, 11) is 0. The smallest absolute Gasteiger partial charge is 0.387 e. The molecule has 1 N–H and O–H groups in total. The molecular formula is C20H15BrF2N2O4S. The number of imide groups is 1. The highest BCUT2D eigenvalue weighted by molar-refractivity contribution is 9.10. The highest BCUT2D eigenvalue weighted by Crippen LogP contribution is 2.32. The minimum absolute atomic E-state index is 0.00299. The van der Waals surface area contributed by atoms with Crippen LogP contribution in [0.4, 0.5) is 13.6 Å². The number of ether oxygens (including phenoxy) is 1. The first-order valence-corrected chi connectivity index (χ1v) is 10.3. The molecule has 10 heteroatoms. The molecule has 1 aliphatic heterocycles. The van der Waals surface area contributed by atoms with Crippen LogP contribution in [-0.2, 0) is 4.79 Å². The van der Waals surface area contributed by atoms with Gasteiger partial charge in [-0.05, 0) is 59.8 Å². The average Bonchev–Trinajstić information content (AvgIpc) is 2.97. The molecule has 1 fully saturated rings. The van der Waals surface area contributed by atoms with Gasteiger partial charge in [0.25, 0.3) is 17.1 Å². The van der Waals surface area contributed by atoms with Gasteiger partial charge < -0.3 is 10.1 Å². The zero-order valence-corrected chi connectivity index (χ0v) is 17.7. The second-order valence-electron chi connectivity index (χ2n) is 6.04. The molecule has 0 saturated carbocycles. The Morgan fingerprint density at radius 3 is 2.43 bits per heavy atom. The maximum Gasteiger partial charge on any atom is 0.387 e. The Bertz CT molecular complexity index is 981. The fourth-order valence-corrected chi connectivity index (χ4v) is 3.70. The van der Waals surface area contributed by atoms with Crippen LogP contribution < -0.4 is 10.1 Å². The monoisotopic (exact) mass is 496 g/mol. The van der Waals surface area contributed by atoms with Crippen molar-refractivity contribution in [3.63, 3.8) is 0 Å². The van der Waals surface area contributed by atoms with Crippen molar-refractivity contribution in [1.29, 1.82) is 0 Å². The minimum Gasteiger partial charge on any atom is -0.435 e. The van der Waals surface area contributed by atoms with Gasteiger partial charge in [-0.2, -0.15) is 8.78 Å². The van der Waals surface area contributed by atoms with E-state index >= 15 is 0 Å². The van der Waals surface area contributed by atoms with Crippen LogP contribution in [0.1, 0.15) is 15.9 Å². The molecule has 0 aliphatic carbocycles. The van der Waals surface area contributed by atoms with Gasteiger partial charge in [0.15, 0.2) is 0 Å². The van der Waals surface area contributed by atoms with Gasteiger partial charge >= 0.3 is 6.61 Å². The van der Waals surface area contributed by atoms with E-state index in [1.165, 1.54) is 30.3 Å². The van der Waals surface area contributed by atoms with Crippen LogP contribution in [0.15, 0.2) is 57.9 Å². The first-order valence-electron chi connectivity index (χ1n) is 8.67. The van der Waals surface area contributed by atoms with E-state index in [4.69, 9.17) is 0 Å². The number of carbonyl (C=O) groups excluding carboxylic acids is 3. The van der Waals surface area contributed by atoms with E-state index in [-0.39, 0.29) is 29.7 Å². The Morgan fingerprint density at radius 2 is 1.80 bits per heavy atom. The van der Waals surface area contributed by atoms with E-state index in [2.05, 4.69) is 26.0 Å². The van der Waals surface area contributed by atoms with Gasteiger partial charge in [-0.1, -0.05) is 28.1 Å². The normalized spacial score (nSPS) is 15.2. The maximum absolute atomic E-state index is 12.5. The Morgan fingerprint density at radius 1 is 1.13 bits per heavy atom. The Labute approximate surface area is 183 Å². The number of hydrogen-bond donors (Lipinski definition) is 1. The van der Waals surface area contributed by atoms with E-state index in [0.29, 0.717) is 11.1 Å². The van der Waals surface area contributed by atoms with Crippen molar-refractivity contribution in [3.8, 4) is 5.75 Å². The highest BCUT2D eigenvalue weighted by atomic mass is 79.9. The summed E-state index contributed by atoms with van der Waals surface area (Å²) >= 11 is 4.07. The van der Waals surface area contributed by atoms with Gasteiger partial charge in [0.1, 0.15) is 5.75 Å². The summed E-state index contributed by atoms with van der Waals surface area (Å²) in [4.78, 5) is 38.0. The molecule has 2 aromatic carbocycles. The maximum atomic E-state index is 12.5. The lowest BCUT2D eigenvalue weighted by molar-refractivity contribution is -0.122. The van der Waals surface area contributed by atoms with Gasteiger partial charge in [0.2, 0.25) is 0 Å². The number of nitrogens with one attached hydrogen (secondary N) is 1. The number of alkyl halides is 2. The minimum atomic E-state index is -2.92. The molecule has 0 bridgehead atoms. The largest absolute Gasteiger partial charge is 0.435 e. The van der Waals surface area contributed by atoms with E-state index < -0.39 is 17.8 Å². The van der Waals surface area contributed by atoms with Crippen LogP contribution in [0.2, 0.25) is 0 Å². The van der Waals surface area contributed by atoms with Gasteiger partial charge in [0, 0.05) is 23.1 Å². The first-order chi connectivity index (χ1) is 14.3. The summed E-state index contributed by atoms with van der Waals surface area (Å²) < 4.78 is 29.5. The quantitative estimate of drug-likeness (QED) is 0.570. The summed E-state index contributed by atoms with van der Waals surface area (Å²) in [5.41, 5.74) is 1.03. The molecule has 156 valence electrons. The standard InChI is InChI=1S/C20H15BrF2N2O4S/c21-14-5-3-13(4-6-14)17(26)24-9-10-25-18(27)16(30-20(25)28)11-12-1-7-15(8-2-12)29-19(22)23/h1-8,11,19H,9-10H2,(H,24,26)/b16-11-. The summed E-state index contributed by atoms with van der Waals surface area (Å²) in [5.74, 6) is -0.788. The molecule has 3 amide bonds. The van der Waals surface area contributed by atoms with E-state index in [9.17, 15) is 23.2 Å². The van der Waals surface area contributed by atoms with Gasteiger partial charge in [-0.15, -0.1) is 0 Å². The molecule has 1 heterocycles. The molecule has 0 aromatic heterocycles. The van der Waals surface area contributed by atoms with Crippen molar-refractivity contribution in [1.82, 2.24) is 10.2 Å². The molecule has 1 aliphatic rings. The topological polar surface area (TPSA) is 75.7 Å². The van der Waals surface area contributed by atoms with E-state index in [1.807, 2.05) is 0 Å². The zero-order chi connectivity index (χ0) is 21.7. The molecular weight excluding hydrogens is 482 g/mol. The molecule has 6 nitrogen and oxygen atoms in total. The highest BCUT2D eigenvalue weighted by Gasteiger charge is 2.34. The lowest BCUT2D eigenvalue weighted by Gasteiger charge is -2.13. The van der Waals surface area contributed by atoms with E-state index in [0.717, 1.165) is 21.1 Å². The van der Waals surface area contributed by atoms with Crippen LogP contribution in [-0.4, -0.2) is 41.7 Å². The molecule has 0 unspecified atom stereocenters. The van der Waals surface area contributed by atoms with Crippen molar-refractivity contribution in [2.75, 3.05) is 13.1 Å². The summed E-state index contributed by atoms with van der Waals surface area (Å²) in [5, 5.41) is 2.23. The van der Waals surface area contributed by atoms with Gasteiger partial charge in [-0.3, -0.25) is 19.3 Å². The fraction of sp³-hybridized carbons (Fsp3) is 0.150. The first kappa shape index (κ1) is 22.0. The number of nitrogens with zero attached hydrogens (tertiary/aromatic N) is 1. The molecule has 0 spiro atoms. The third-order valence-electron chi connectivity index (χ3n) is 4.00. The molecule has 3 rings (SSSR count). The second kappa shape index (κ2) is 9.86. The summed E-state index contributed by atoms with van der Waals surface area (Å²) in [6, 6.07) is 12.5. The number of rotatable bonds is 7. The molecule has 0 atom stereocenters. The van der Waals surface area contributed by atoms with Crippen LogP contribution in [0.3, 0.4) is 0 Å². The van der Waals surface area contributed by atoms with Gasteiger partial charge in [0.05, 0.1) is 4.91 Å². The lowest BCUT2D eigenvalue weighted by atomic mass is 10.2. The van der Waals surface area contributed by atoms with Gasteiger partial charge in [-0.25, -0.2) is 0 Å². The number of benzene rings is 2. The molecule has 0 radical (unpaired) electrons. The predicted octanol–water partition coefficient (Wildman–Crippen LogP) is 4.52. The van der Waals surface area contributed by atoms with Crippen LogP contribution >= 0.6 is 27.7 Å². The number of halogens is 3. The number of thioether (sulfide) groups is 1. The number of amides is 3. The number of hydrogen-bond acceptors (Lipinski definition) is 5. The van der Waals surface area contributed by atoms with Crippen molar-refractivity contribution >= 4 is 50.8 Å². The molecule has 30 heavy (non-hydrogen) atoms. The predicted molar refractivity (Wildman–Crippen MR) is 112 cm³/mol. The van der Waals surface area contributed by atoms with Crippen molar-refractivity contribution in [3.05, 3.63) is 69.0 Å². The zero-order valence-electron chi connectivity index (χ0n) is 15.3. The SMILES string of the molecule is O=C(NCCN1C(=O)S/C(=C\c2ccc(OC(F)F)cc2)C1=O)c1ccc(Br)cc1. The Kier molecular flexibility index (Phi) is 7.22. The Hall–Kier alpha value is -2.72. The van der Waals surface area contributed by atoms with Crippen molar-refractivity contribution < 1.29 is 27.9 Å². The average molecular weight is 497 g/mol. The molecule has 1 saturated heterocycles. The molecule has 2 aromatic rings.